The molecule has 3 N–H and O–H groups in total. The number of carbonyl (C=O) groups excluding carboxylic acids is 1. The maximum absolute atomic E-state index is 10.5. The number of primary amides is 1. The lowest BCUT2D eigenvalue weighted by Crippen LogP contribution is -2.26. The number of nitrogens with zero attached hydrogens (tertiary/aromatic N) is 2. The van der Waals surface area contributed by atoms with Crippen LogP contribution in [0.2, 0.25) is 0 Å². The maximum Gasteiger partial charge on any atom is 0.243 e. The Morgan fingerprint density at radius 3 is 2.72 bits per heavy atom. The van der Waals surface area contributed by atoms with Crippen molar-refractivity contribution in [1.82, 2.24) is 15.1 Å². The third-order valence-electron chi connectivity index (χ3n) is 2.94. The topological polar surface area (TPSA) is 82.2 Å². The standard InChI is InChI=1S/C12H22N4O2/c1-8(14-5-6-18-7-11(13)17)12-9(2)15-16(4)10(12)3/h8,14H,5-7H2,1-4H3,(H2,13,17). The Morgan fingerprint density at radius 2 is 2.22 bits per heavy atom. The van der Waals surface area contributed by atoms with E-state index in [0.29, 0.717) is 13.2 Å². The van der Waals surface area contributed by atoms with E-state index in [1.165, 1.54) is 5.56 Å². The Morgan fingerprint density at radius 1 is 1.56 bits per heavy atom. The van der Waals surface area contributed by atoms with Gasteiger partial charge in [-0.2, -0.15) is 5.10 Å². The molecule has 18 heavy (non-hydrogen) atoms. The molecule has 1 heterocycles. The van der Waals surface area contributed by atoms with Gasteiger partial charge in [-0.05, 0) is 20.8 Å². The molecule has 0 aliphatic carbocycles. The molecular weight excluding hydrogens is 232 g/mol. The summed E-state index contributed by atoms with van der Waals surface area (Å²) in [6.45, 7) is 7.25. The number of hydrogen-bond acceptors (Lipinski definition) is 4. The number of rotatable bonds is 7. The Kier molecular flexibility index (Phi) is 5.30. The molecule has 1 aromatic heterocycles. The normalized spacial score (nSPS) is 12.7. The molecule has 0 bridgehead atoms. The van der Waals surface area contributed by atoms with Gasteiger partial charge in [-0.15, -0.1) is 0 Å². The molecule has 1 rings (SSSR count). The zero-order valence-corrected chi connectivity index (χ0v) is 11.5. The first-order valence-corrected chi connectivity index (χ1v) is 6.03. The van der Waals surface area contributed by atoms with Gasteiger partial charge in [0.05, 0.1) is 12.3 Å². The molecule has 6 nitrogen and oxygen atoms in total. The quantitative estimate of drug-likeness (QED) is 0.680. The highest BCUT2D eigenvalue weighted by Gasteiger charge is 2.15. The minimum atomic E-state index is -0.443. The second kappa shape index (κ2) is 6.51. The van der Waals surface area contributed by atoms with E-state index in [0.717, 1.165) is 11.4 Å². The average Bonchev–Trinajstić information content (AvgIpc) is 2.52. The Bertz CT molecular complexity index is 414. The van der Waals surface area contributed by atoms with Crippen molar-refractivity contribution in [3.05, 3.63) is 17.0 Å². The first kappa shape index (κ1) is 14.7. The third kappa shape index (κ3) is 3.82. The van der Waals surface area contributed by atoms with Gasteiger partial charge >= 0.3 is 0 Å². The summed E-state index contributed by atoms with van der Waals surface area (Å²) < 4.78 is 6.97. The fourth-order valence-electron chi connectivity index (χ4n) is 2.04. The number of aryl methyl sites for hydroxylation is 2. The van der Waals surface area contributed by atoms with E-state index in [2.05, 4.69) is 24.3 Å². The first-order valence-electron chi connectivity index (χ1n) is 6.03. The molecule has 1 amide bonds. The number of amides is 1. The Hall–Kier alpha value is -1.40. The minimum absolute atomic E-state index is 0.0268. The van der Waals surface area contributed by atoms with Crippen molar-refractivity contribution in [3.8, 4) is 0 Å². The molecule has 6 heteroatoms. The first-order chi connectivity index (χ1) is 8.43. The molecular formula is C12H22N4O2. The summed E-state index contributed by atoms with van der Waals surface area (Å²) in [5.41, 5.74) is 8.38. The largest absolute Gasteiger partial charge is 0.370 e. The van der Waals surface area contributed by atoms with Gasteiger partial charge in [-0.3, -0.25) is 9.48 Å². The van der Waals surface area contributed by atoms with Crippen LogP contribution in [-0.4, -0.2) is 35.4 Å². The molecule has 1 atom stereocenters. The highest BCUT2D eigenvalue weighted by Crippen LogP contribution is 2.20. The van der Waals surface area contributed by atoms with Crippen molar-refractivity contribution in [3.63, 3.8) is 0 Å². The Labute approximate surface area is 107 Å². The van der Waals surface area contributed by atoms with Crippen LogP contribution in [0.1, 0.15) is 29.9 Å². The zero-order chi connectivity index (χ0) is 13.7. The van der Waals surface area contributed by atoms with Gasteiger partial charge < -0.3 is 15.8 Å². The lowest BCUT2D eigenvalue weighted by molar-refractivity contribution is -0.122. The third-order valence-corrected chi connectivity index (χ3v) is 2.94. The molecule has 0 spiro atoms. The maximum atomic E-state index is 10.5. The molecule has 0 fully saturated rings. The number of aromatic nitrogens is 2. The van der Waals surface area contributed by atoms with Crippen LogP contribution >= 0.6 is 0 Å². The number of ether oxygens (including phenoxy) is 1. The fourth-order valence-corrected chi connectivity index (χ4v) is 2.04. The van der Waals surface area contributed by atoms with Crippen molar-refractivity contribution in [2.75, 3.05) is 19.8 Å². The number of nitrogens with one attached hydrogen (secondary N) is 1. The predicted molar refractivity (Wildman–Crippen MR) is 69.1 cm³/mol. The van der Waals surface area contributed by atoms with E-state index in [-0.39, 0.29) is 12.6 Å². The molecule has 102 valence electrons. The van der Waals surface area contributed by atoms with E-state index < -0.39 is 5.91 Å². The molecule has 0 aromatic carbocycles. The summed E-state index contributed by atoms with van der Waals surface area (Å²) in [4.78, 5) is 10.5. The highest BCUT2D eigenvalue weighted by molar-refractivity contribution is 5.74. The minimum Gasteiger partial charge on any atom is -0.370 e. The van der Waals surface area contributed by atoms with Crippen molar-refractivity contribution >= 4 is 5.91 Å². The van der Waals surface area contributed by atoms with Gasteiger partial charge in [-0.25, -0.2) is 0 Å². The smallest absolute Gasteiger partial charge is 0.243 e. The van der Waals surface area contributed by atoms with E-state index in [1.54, 1.807) is 0 Å². The van der Waals surface area contributed by atoms with E-state index in [9.17, 15) is 4.79 Å². The van der Waals surface area contributed by atoms with Gasteiger partial charge in [0.1, 0.15) is 6.61 Å². The van der Waals surface area contributed by atoms with Crippen LogP contribution in [0.25, 0.3) is 0 Å². The summed E-state index contributed by atoms with van der Waals surface area (Å²) in [6, 6.07) is 0.205. The van der Waals surface area contributed by atoms with Crippen molar-refractivity contribution in [2.45, 2.75) is 26.8 Å². The van der Waals surface area contributed by atoms with Gasteiger partial charge in [0.15, 0.2) is 0 Å². The summed E-state index contributed by atoms with van der Waals surface area (Å²) in [5.74, 6) is -0.443. The lowest BCUT2D eigenvalue weighted by atomic mass is 10.1. The van der Waals surface area contributed by atoms with Crippen LogP contribution < -0.4 is 11.1 Å². The van der Waals surface area contributed by atoms with E-state index in [4.69, 9.17) is 10.5 Å². The molecule has 0 saturated heterocycles. The summed E-state index contributed by atoms with van der Waals surface area (Å²) in [7, 11) is 1.94. The second-order valence-corrected chi connectivity index (χ2v) is 4.40. The average molecular weight is 254 g/mol. The summed E-state index contributed by atoms with van der Waals surface area (Å²) in [6.07, 6.45) is 0. The molecule has 0 aliphatic rings. The van der Waals surface area contributed by atoms with Gasteiger partial charge in [0.2, 0.25) is 5.91 Å². The van der Waals surface area contributed by atoms with Crippen LogP contribution in [-0.2, 0) is 16.6 Å². The van der Waals surface area contributed by atoms with Crippen LogP contribution in [0.15, 0.2) is 0 Å². The SMILES string of the molecule is Cc1nn(C)c(C)c1C(C)NCCOCC(N)=O. The molecule has 0 radical (unpaired) electrons. The van der Waals surface area contributed by atoms with Crippen molar-refractivity contribution in [2.24, 2.45) is 12.8 Å². The lowest BCUT2D eigenvalue weighted by Gasteiger charge is -2.14. The van der Waals surface area contributed by atoms with E-state index in [1.807, 2.05) is 18.7 Å². The Balaban J connectivity index is 2.41. The van der Waals surface area contributed by atoms with Gasteiger partial charge in [0, 0.05) is 30.9 Å². The van der Waals surface area contributed by atoms with Crippen molar-refractivity contribution < 1.29 is 9.53 Å². The molecule has 1 aromatic rings. The van der Waals surface area contributed by atoms with Crippen LogP contribution in [0.5, 0.6) is 0 Å². The highest BCUT2D eigenvalue weighted by atomic mass is 16.5. The van der Waals surface area contributed by atoms with Crippen LogP contribution in [0, 0.1) is 13.8 Å². The molecule has 0 aliphatic heterocycles. The fraction of sp³-hybridized carbons (Fsp3) is 0.667. The second-order valence-electron chi connectivity index (χ2n) is 4.40. The van der Waals surface area contributed by atoms with E-state index >= 15 is 0 Å². The zero-order valence-electron chi connectivity index (χ0n) is 11.5. The van der Waals surface area contributed by atoms with Gasteiger partial charge in [0.25, 0.3) is 0 Å². The predicted octanol–water partition coefficient (Wildman–Crippen LogP) is 0.189. The summed E-state index contributed by atoms with van der Waals surface area (Å²) >= 11 is 0. The number of nitrogens with two attached hydrogens (primary N) is 1. The van der Waals surface area contributed by atoms with Crippen LogP contribution in [0.4, 0.5) is 0 Å². The molecule has 1 unspecified atom stereocenters. The van der Waals surface area contributed by atoms with Gasteiger partial charge in [-0.1, -0.05) is 0 Å². The van der Waals surface area contributed by atoms with Crippen molar-refractivity contribution in [1.29, 1.82) is 0 Å². The monoisotopic (exact) mass is 254 g/mol. The van der Waals surface area contributed by atoms with Crippen LogP contribution in [0.3, 0.4) is 0 Å². The number of hydrogen-bond donors (Lipinski definition) is 2. The summed E-state index contributed by atoms with van der Waals surface area (Å²) in [5, 5.41) is 7.72. The molecule has 0 saturated carbocycles. The number of carbonyl (C=O) groups is 1.